The Labute approximate surface area is 247 Å². The van der Waals surface area contributed by atoms with E-state index in [2.05, 4.69) is 15.0 Å². The molecule has 0 saturated heterocycles. The van der Waals surface area contributed by atoms with Gasteiger partial charge in [-0.2, -0.15) is 4.98 Å². The maximum Gasteiger partial charge on any atom is 0.289 e. The van der Waals surface area contributed by atoms with E-state index in [1.54, 1.807) is 0 Å². The molecule has 2 aromatic heterocycles. The molecule has 0 saturated carbocycles. The summed E-state index contributed by atoms with van der Waals surface area (Å²) in [4.78, 5) is 27.0. The van der Waals surface area contributed by atoms with E-state index >= 15 is 0 Å². The van der Waals surface area contributed by atoms with E-state index in [1.807, 2.05) is 22.6 Å². The number of carbonyl (C=O) groups is 1. The molecule has 0 bridgehead atoms. The molecule has 4 rings (SSSR count). The number of pyridine rings is 1. The van der Waals surface area contributed by atoms with Gasteiger partial charge >= 0.3 is 0 Å². The molecule has 2 N–H and O–H groups in total. The van der Waals surface area contributed by atoms with Gasteiger partial charge in [0.15, 0.2) is 10.7 Å². The largest absolute Gasteiger partial charge is 0.437 e. The number of aromatic nitrogens is 1. The SMILES string of the molecule is CNC(=O)c1c(-c2ccc(F)cc2)oc2nc(N(CCNS(=O)(=O)c3ccccc3[N+](=O)[O-])S(C)(=O)=O)c(I)cc12. The molecule has 17 heteroatoms. The van der Waals surface area contributed by atoms with Crippen LogP contribution in [0.4, 0.5) is 15.9 Å². The lowest BCUT2D eigenvalue weighted by atomic mass is 10.1. The van der Waals surface area contributed by atoms with Crippen molar-refractivity contribution in [2.45, 2.75) is 4.90 Å². The lowest BCUT2D eigenvalue weighted by molar-refractivity contribution is -0.387. The summed E-state index contributed by atoms with van der Waals surface area (Å²) in [7, 11) is -7.00. The topological polar surface area (TPSA) is 182 Å². The molecule has 216 valence electrons. The number of rotatable bonds is 10. The van der Waals surface area contributed by atoms with Crippen molar-refractivity contribution in [3.8, 4) is 11.3 Å². The van der Waals surface area contributed by atoms with Crippen molar-refractivity contribution in [1.82, 2.24) is 15.0 Å². The fraction of sp³-hybridized carbons (Fsp3) is 0.167. The molecule has 0 aliphatic carbocycles. The summed E-state index contributed by atoms with van der Waals surface area (Å²) in [5.74, 6) is -1.03. The van der Waals surface area contributed by atoms with Crippen molar-refractivity contribution < 1.29 is 35.4 Å². The number of anilines is 1. The highest BCUT2D eigenvalue weighted by atomic mass is 127. The van der Waals surface area contributed by atoms with Crippen molar-refractivity contribution in [2.75, 3.05) is 30.7 Å². The van der Waals surface area contributed by atoms with Crippen LogP contribution in [0, 0.1) is 19.5 Å². The first-order valence-electron chi connectivity index (χ1n) is 11.6. The molecule has 0 aliphatic heterocycles. The van der Waals surface area contributed by atoms with Crippen LogP contribution in [-0.2, 0) is 20.0 Å². The monoisotopic (exact) mass is 717 g/mol. The number of halogens is 2. The number of para-hydroxylation sites is 1. The first kappa shape index (κ1) is 30.3. The Morgan fingerprint density at radius 3 is 2.41 bits per heavy atom. The van der Waals surface area contributed by atoms with Crippen molar-refractivity contribution >= 4 is 71.1 Å². The number of carbonyl (C=O) groups excluding carboxylic acids is 1. The summed E-state index contributed by atoms with van der Waals surface area (Å²) in [5.41, 5.74) is -0.242. The first-order valence-corrected chi connectivity index (χ1v) is 16.0. The summed E-state index contributed by atoms with van der Waals surface area (Å²) < 4.78 is 73.8. The molecule has 0 aliphatic rings. The molecule has 0 spiro atoms. The lowest BCUT2D eigenvalue weighted by Crippen LogP contribution is -2.39. The third-order valence-electron chi connectivity index (χ3n) is 5.77. The van der Waals surface area contributed by atoms with E-state index < -0.39 is 60.4 Å². The van der Waals surface area contributed by atoms with Crippen LogP contribution in [0.5, 0.6) is 0 Å². The molecule has 1 amide bonds. The van der Waals surface area contributed by atoms with E-state index in [9.17, 15) is 36.1 Å². The van der Waals surface area contributed by atoms with Gasteiger partial charge in [0.05, 0.1) is 25.7 Å². The van der Waals surface area contributed by atoms with Gasteiger partial charge in [0.1, 0.15) is 11.6 Å². The normalized spacial score (nSPS) is 11.9. The highest BCUT2D eigenvalue weighted by Gasteiger charge is 2.29. The van der Waals surface area contributed by atoms with Crippen molar-refractivity contribution in [3.05, 3.63) is 79.7 Å². The zero-order valence-electron chi connectivity index (χ0n) is 21.3. The third-order valence-corrected chi connectivity index (χ3v) is 9.23. The molecule has 2 aromatic carbocycles. The molecule has 13 nitrogen and oxygen atoms in total. The number of amides is 1. The van der Waals surface area contributed by atoms with E-state index in [4.69, 9.17) is 4.42 Å². The van der Waals surface area contributed by atoms with Crippen molar-refractivity contribution in [3.63, 3.8) is 0 Å². The van der Waals surface area contributed by atoms with Gasteiger partial charge in [-0.3, -0.25) is 19.2 Å². The highest BCUT2D eigenvalue weighted by molar-refractivity contribution is 14.1. The van der Waals surface area contributed by atoms with Crippen LogP contribution in [0.1, 0.15) is 10.4 Å². The van der Waals surface area contributed by atoms with E-state index in [1.165, 1.54) is 49.5 Å². The number of hydrogen-bond donors (Lipinski definition) is 2. The first-order chi connectivity index (χ1) is 19.2. The Balaban J connectivity index is 1.72. The highest BCUT2D eigenvalue weighted by Crippen LogP contribution is 2.36. The van der Waals surface area contributed by atoms with Gasteiger partial charge in [-0.25, -0.2) is 25.9 Å². The van der Waals surface area contributed by atoms with Gasteiger partial charge < -0.3 is 9.73 Å². The quantitative estimate of drug-likeness (QED) is 0.141. The van der Waals surface area contributed by atoms with Crippen LogP contribution in [0.25, 0.3) is 22.4 Å². The zero-order chi connectivity index (χ0) is 30.1. The molecule has 0 fully saturated rings. The maximum atomic E-state index is 13.5. The molecular weight excluding hydrogens is 696 g/mol. The van der Waals surface area contributed by atoms with Crippen molar-refractivity contribution in [2.24, 2.45) is 0 Å². The number of nitrogens with zero attached hydrogens (tertiary/aromatic N) is 3. The maximum absolute atomic E-state index is 13.5. The molecule has 0 unspecified atom stereocenters. The third kappa shape index (κ3) is 6.31. The second kappa shape index (κ2) is 11.7. The molecule has 41 heavy (non-hydrogen) atoms. The summed E-state index contributed by atoms with van der Waals surface area (Å²) in [6.45, 7) is -0.888. The summed E-state index contributed by atoms with van der Waals surface area (Å²) in [6.07, 6.45) is 0.896. The van der Waals surface area contributed by atoms with Crippen LogP contribution >= 0.6 is 22.6 Å². The number of benzene rings is 2. The van der Waals surface area contributed by atoms with Gasteiger partial charge in [-0.15, -0.1) is 0 Å². The van der Waals surface area contributed by atoms with Crippen LogP contribution < -0.4 is 14.3 Å². The minimum atomic E-state index is -4.38. The molecule has 0 atom stereocenters. The van der Waals surface area contributed by atoms with E-state index in [-0.39, 0.29) is 28.2 Å². The second-order valence-electron chi connectivity index (χ2n) is 8.50. The Morgan fingerprint density at radius 2 is 1.80 bits per heavy atom. The Hall–Kier alpha value is -3.68. The number of fused-ring (bicyclic) bond motifs is 1. The Kier molecular flexibility index (Phi) is 8.62. The van der Waals surface area contributed by atoms with Crippen molar-refractivity contribution in [1.29, 1.82) is 0 Å². The smallest absolute Gasteiger partial charge is 0.289 e. The number of sulfonamides is 2. The lowest BCUT2D eigenvalue weighted by Gasteiger charge is -2.22. The van der Waals surface area contributed by atoms with E-state index in [0.29, 0.717) is 9.13 Å². The summed E-state index contributed by atoms with van der Waals surface area (Å²) >= 11 is 1.83. The average molecular weight is 717 g/mol. The van der Waals surface area contributed by atoms with Gasteiger partial charge in [-0.05, 0) is 59.0 Å². The molecule has 4 aromatic rings. The summed E-state index contributed by atoms with van der Waals surface area (Å²) in [6, 6.07) is 11.4. The number of nitro groups is 1. The Bertz CT molecular complexity index is 1880. The van der Waals surface area contributed by atoms with Gasteiger partial charge in [0, 0.05) is 31.8 Å². The minimum absolute atomic E-state index is 0.0860. The number of hydrogen-bond acceptors (Lipinski definition) is 9. The van der Waals surface area contributed by atoms with Gasteiger partial charge in [0.25, 0.3) is 11.6 Å². The van der Waals surface area contributed by atoms with E-state index in [0.717, 1.165) is 22.7 Å². The fourth-order valence-corrected chi connectivity index (χ4v) is 6.90. The predicted molar refractivity (Wildman–Crippen MR) is 156 cm³/mol. The fourth-order valence-electron chi connectivity index (χ4n) is 3.94. The molecule has 2 heterocycles. The number of nitro benzene ring substituents is 1. The number of nitrogens with one attached hydrogen (secondary N) is 2. The Morgan fingerprint density at radius 1 is 1.15 bits per heavy atom. The van der Waals surface area contributed by atoms with Gasteiger partial charge in [-0.1, -0.05) is 12.1 Å². The standard InChI is InChI=1S/C24H21FIN5O8S2/c1-27-23(32)20-16-13-17(26)22(29-24(16)39-21(20)14-7-9-15(25)10-8-14)30(40(2,35)36)12-11-28-41(37,38)19-6-4-3-5-18(19)31(33)34/h3-10,13,28H,11-12H2,1-2H3,(H,27,32). The predicted octanol–water partition coefficient (Wildman–Crippen LogP) is 3.25. The van der Waals surface area contributed by atoms with Crippen LogP contribution in [0.3, 0.4) is 0 Å². The van der Waals surface area contributed by atoms with Crippen LogP contribution in [-0.4, -0.2) is 59.0 Å². The van der Waals surface area contributed by atoms with Crippen LogP contribution in [0.15, 0.2) is 63.9 Å². The zero-order valence-corrected chi connectivity index (χ0v) is 25.1. The molecule has 0 radical (unpaired) electrons. The van der Waals surface area contributed by atoms with Gasteiger partial charge in [0.2, 0.25) is 25.8 Å². The summed E-state index contributed by atoms with van der Waals surface area (Å²) in [5, 5.41) is 14.0. The minimum Gasteiger partial charge on any atom is -0.437 e. The van der Waals surface area contributed by atoms with Crippen LogP contribution in [0.2, 0.25) is 0 Å². The molecular formula is C24H21FIN5O8S2. The number of furan rings is 1. The average Bonchev–Trinajstić information content (AvgIpc) is 3.28. The second-order valence-corrected chi connectivity index (χ2v) is 13.3.